The standard InChI is InChI=1S/C105H161N23O20S/c1-10-13-16-17-18-19-20-21-22-23-24-25-26-31-48-110-89(133)59-114-92(136)83-62-149-63-90(134)115-79(52-66-42-44-69(130)45-43-66)100(144)124(7)65(6)91(135)119-81(56-88(107)132)102(146)127-50-33-41-85(127)98(142)117-76(46-47-106)94(138)120-78(51-64(4)5)103(147)128-60-70(131)55-87(128)99(143)118-77(53-67-57-112-73-36-29-27-34-71(67)73)95(139)122-82(61-129)96(140)121-80(54-68-58-113-74-37-30-28-35-72(68)74)101(145)126(9)86(40-15-12-3)104(148)125(8)84(39-14-11-2)97(141)116-75(93(137)123-83)38-32-49-111-105(108)109/h27-30,34-37,42-45,57-58,64-65,70,75-87,112-113,129-131H,10-26,31-33,38-41,46-56,59-63,106H2,1-9H3,(H2,107,132)(H,110,133)(H,114,136)(H,115,134)(H,116,141)(H,117,142)(H,118,143)(H,119,135)(H,120,138)(H,121,140)(H,122,139)(H,123,137)(H4,108,109,111)/t65-,70+,75-,76-,77-,78-,79-,80-,81-,82-,83-,84-,85-,86-,87-/m0/s1. The van der Waals surface area contributed by atoms with Crippen LogP contribution in [0.2, 0.25) is 0 Å². The molecular weight excluding hydrogens is 1940 g/mol. The summed E-state index contributed by atoms with van der Waals surface area (Å²) in [5.41, 5.74) is 20.2. The maximum Gasteiger partial charge on any atom is 0.246 e. The number of H-pyrrole nitrogens is 2. The maximum atomic E-state index is 15.9. The lowest BCUT2D eigenvalue weighted by molar-refractivity contribution is -0.149. The van der Waals surface area contributed by atoms with Crippen molar-refractivity contribution in [1.82, 2.24) is 98.3 Å². The smallest absolute Gasteiger partial charge is 0.246 e. The Hall–Kier alpha value is -13.0. The highest BCUT2D eigenvalue weighted by atomic mass is 32.2. The number of hydrogen-bond acceptors (Lipinski definition) is 23. The van der Waals surface area contributed by atoms with Gasteiger partial charge in [-0.05, 0) is 118 Å². The number of phenolic OH excluding ortho intramolecular Hbond substituents is 1. The van der Waals surface area contributed by atoms with Crippen LogP contribution < -0.4 is 81.0 Å². The van der Waals surface area contributed by atoms with E-state index in [2.05, 4.69) is 80.7 Å². The number of aromatic hydroxyl groups is 1. The highest BCUT2D eigenvalue weighted by Crippen LogP contribution is 2.29. The summed E-state index contributed by atoms with van der Waals surface area (Å²) in [6.07, 6.45) is 17.0. The van der Waals surface area contributed by atoms with Crippen molar-refractivity contribution in [3.05, 3.63) is 102 Å². The number of guanidine groups is 1. The fraction of sp³-hybridized carbons (Fsp3) is 0.619. The second kappa shape index (κ2) is 62.5. The number of aliphatic hydroxyl groups is 2. The number of primary amides is 1. The maximum absolute atomic E-state index is 15.9. The van der Waals surface area contributed by atoms with Gasteiger partial charge >= 0.3 is 0 Å². The van der Waals surface area contributed by atoms with Crippen LogP contribution in [0.3, 0.4) is 0 Å². The molecule has 0 aliphatic carbocycles. The SMILES string of the molecule is CCCCCCCCCCCCCCCCNC(=O)CNC(=O)[C@@H]1CSCC(=O)N[C@@H](Cc2ccc(O)cc2)C(=O)N(C)[C@@H](C)C(=O)N[C@@H](CC(N)=O)C(=O)N2CCC[C@H]2C(=O)N[C@@H](CCN)C(=O)N[C@@H](CC(C)C)C(=O)N2C[C@H](O)C[C@H]2C(=O)N[C@@H](Cc2c[nH]c3ccccc23)C(=O)N[C@@H](CO)C(=O)N[C@@H](Cc2c[nH]c3ccccc23)C(=O)N(C)[C@@H](CCCC)C(=O)N(C)[C@@H](CCCC)C(=O)N[C@@H](CCCNC(=N)N)C(=O)N1. The van der Waals surface area contributed by atoms with Crippen LogP contribution in [0.4, 0.5) is 0 Å². The van der Waals surface area contributed by atoms with Crippen LogP contribution in [0.15, 0.2) is 85.2 Å². The van der Waals surface area contributed by atoms with E-state index in [9.17, 15) is 53.7 Å². The Kier molecular flexibility index (Phi) is 50.8. The molecule has 44 heteroatoms. The summed E-state index contributed by atoms with van der Waals surface area (Å²) in [6.45, 7) is 8.56. The number of fused-ring (bicyclic) bond motifs is 4. The average molecular weight is 2100 g/mol. The molecule has 24 N–H and O–H groups in total. The van der Waals surface area contributed by atoms with E-state index >= 15 is 43.2 Å². The molecule has 0 radical (unpaired) electrons. The van der Waals surface area contributed by atoms with E-state index in [1.807, 2.05) is 13.8 Å². The summed E-state index contributed by atoms with van der Waals surface area (Å²) in [5, 5.41) is 74.7. The molecular formula is C105H161N23O20S. The van der Waals surface area contributed by atoms with Crippen LogP contribution >= 0.6 is 11.8 Å². The van der Waals surface area contributed by atoms with Crippen molar-refractivity contribution in [3.8, 4) is 5.75 Å². The van der Waals surface area contributed by atoms with Crippen LogP contribution in [0.25, 0.3) is 21.8 Å². The normalized spacial score (nSPS) is 23.6. The van der Waals surface area contributed by atoms with E-state index in [0.29, 0.717) is 77.1 Å². The first-order valence-corrected chi connectivity index (χ1v) is 54.0. The Balaban J connectivity index is 1.17. The van der Waals surface area contributed by atoms with Crippen molar-refractivity contribution in [1.29, 1.82) is 5.41 Å². The van der Waals surface area contributed by atoms with E-state index < -0.39 is 235 Å². The molecule has 43 nitrogen and oxygen atoms in total. The molecule has 822 valence electrons. The minimum Gasteiger partial charge on any atom is -0.508 e. The van der Waals surface area contributed by atoms with Crippen molar-refractivity contribution in [2.45, 2.75) is 331 Å². The molecule has 3 fully saturated rings. The molecule has 0 bridgehead atoms. The van der Waals surface area contributed by atoms with Crippen LogP contribution in [-0.2, 0) is 101 Å². The molecule has 3 aromatic carbocycles. The van der Waals surface area contributed by atoms with Crippen molar-refractivity contribution >= 4 is 140 Å². The van der Waals surface area contributed by atoms with Crippen molar-refractivity contribution < 1.29 is 96.8 Å². The third kappa shape index (κ3) is 37.9. The highest BCUT2D eigenvalue weighted by molar-refractivity contribution is 8.00. The molecule has 3 saturated heterocycles. The summed E-state index contributed by atoms with van der Waals surface area (Å²) in [7, 11) is 3.96. The lowest BCUT2D eigenvalue weighted by atomic mass is 10.00. The average Bonchev–Trinajstić information content (AvgIpc) is 1.68. The Morgan fingerprint density at radius 3 is 1.57 bits per heavy atom. The van der Waals surface area contributed by atoms with E-state index in [4.69, 9.17) is 22.6 Å². The van der Waals surface area contributed by atoms with Gasteiger partial charge in [-0.2, -0.15) is 0 Å². The molecule has 2 aromatic heterocycles. The number of amides is 17. The van der Waals surface area contributed by atoms with Gasteiger partial charge in [-0.1, -0.05) is 192 Å². The number of carbonyl (C=O) groups is 17. The Morgan fingerprint density at radius 1 is 0.490 bits per heavy atom. The largest absolute Gasteiger partial charge is 0.508 e. The minimum atomic E-state index is -1.89. The van der Waals surface area contributed by atoms with E-state index in [0.717, 1.165) is 63.5 Å². The van der Waals surface area contributed by atoms with Crippen molar-refractivity contribution in [3.63, 3.8) is 0 Å². The summed E-state index contributed by atoms with van der Waals surface area (Å²) < 4.78 is 0. The van der Waals surface area contributed by atoms with Gasteiger partial charge in [0.1, 0.15) is 90.3 Å². The Morgan fingerprint density at radius 2 is 0.980 bits per heavy atom. The van der Waals surface area contributed by atoms with Gasteiger partial charge < -0.3 is 131 Å². The number of nitrogens with zero attached hydrogens (tertiary/aromatic N) is 5. The topological polar surface area (TPSA) is 645 Å². The summed E-state index contributed by atoms with van der Waals surface area (Å²) in [5.74, 6) is -17.3. The molecule has 3 aliphatic rings. The van der Waals surface area contributed by atoms with Gasteiger partial charge in [-0.25, -0.2) is 0 Å². The molecule has 8 rings (SSSR count). The zero-order valence-corrected chi connectivity index (χ0v) is 88.6. The van der Waals surface area contributed by atoms with Crippen LogP contribution in [0.5, 0.6) is 5.75 Å². The number of rotatable bonds is 41. The lowest BCUT2D eigenvalue weighted by Gasteiger charge is -2.36. The predicted octanol–water partition coefficient (Wildman–Crippen LogP) is 2.57. The number of para-hydroxylation sites is 2. The number of unbranched alkanes of at least 4 members (excludes halogenated alkanes) is 15. The van der Waals surface area contributed by atoms with Gasteiger partial charge in [0.05, 0.1) is 31.4 Å². The lowest BCUT2D eigenvalue weighted by Crippen LogP contribution is -2.62. The minimum absolute atomic E-state index is 0.00440. The molecule has 0 saturated carbocycles. The number of aliphatic hydroxyl groups excluding tert-OH is 2. The van der Waals surface area contributed by atoms with E-state index in [1.54, 1.807) is 74.8 Å². The van der Waals surface area contributed by atoms with Gasteiger partial charge in [-0.15, -0.1) is 11.8 Å². The Bertz CT molecular complexity index is 5290. The van der Waals surface area contributed by atoms with Crippen molar-refractivity contribution in [2.75, 3.05) is 78.5 Å². The number of thioether (sulfide) groups is 1. The van der Waals surface area contributed by atoms with Gasteiger partial charge in [-0.3, -0.25) is 86.9 Å². The number of nitrogens with two attached hydrogens (primary N) is 3. The number of benzene rings is 3. The molecule has 5 aromatic rings. The molecule has 3 aliphatic heterocycles. The first kappa shape index (κ1) is 121. The van der Waals surface area contributed by atoms with Crippen LogP contribution in [-0.4, -0.2) is 325 Å². The fourth-order valence-corrected chi connectivity index (χ4v) is 19.9. The number of aromatic amines is 2. The molecule has 149 heavy (non-hydrogen) atoms. The highest BCUT2D eigenvalue weighted by Gasteiger charge is 2.47. The van der Waals surface area contributed by atoms with E-state index in [-0.39, 0.29) is 108 Å². The molecule has 17 amide bonds. The third-order valence-electron chi connectivity index (χ3n) is 27.6. The monoisotopic (exact) mass is 2100 g/mol. The number of likely N-dealkylation sites (N-methyl/N-ethyl adjacent to an activating group) is 3. The zero-order chi connectivity index (χ0) is 109. The molecule has 15 atom stereocenters. The van der Waals surface area contributed by atoms with Crippen LogP contribution in [0, 0.1) is 11.3 Å². The first-order chi connectivity index (χ1) is 71.3. The predicted molar refractivity (Wildman–Crippen MR) is 565 cm³/mol. The van der Waals surface area contributed by atoms with Gasteiger partial charge in [0.15, 0.2) is 5.96 Å². The number of hydrogen-bond donors (Lipinski definition) is 21. The van der Waals surface area contributed by atoms with E-state index in [1.165, 1.54) is 109 Å². The number of aromatic nitrogens is 2. The Labute approximate surface area is 876 Å². The number of nitrogens with one attached hydrogen (secondary N) is 15. The number of phenols is 1. The summed E-state index contributed by atoms with van der Waals surface area (Å²) in [4.78, 5) is 265. The molecule has 0 unspecified atom stereocenters. The third-order valence-corrected chi connectivity index (χ3v) is 28.7. The van der Waals surface area contributed by atoms with Crippen molar-refractivity contribution in [2.24, 2.45) is 23.1 Å². The quantitative estimate of drug-likeness (QED) is 0.0152. The number of carbonyl (C=O) groups excluding carboxylic acids is 17. The van der Waals surface area contributed by atoms with Gasteiger partial charge in [0.25, 0.3) is 0 Å². The summed E-state index contributed by atoms with van der Waals surface area (Å²) in [6, 6.07) is -1.93. The molecule has 0 spiro atoms. The second-order valence-electron chi connectivity index (χ2n) is 39.8. The first-order valence-electron chi connectivity index (χ1n) is 52.8. The zero-order valence-electron chi connectivity index (χ0n) is 87.8. The second-order valence-corrected chi connectivity index (χ2v) is 40.8. The van der Waals surface area contributed by atoms with Gasteiger partial charge in [0.2, 0.25) is 100 Å². The van der Waals surface area contributed by atoms with Gasteiger partial charge in [0, 0.05) is 113 Å². The fourth-order valence-electron chi connectivity index (χ4n) is 19.0. The van der Waals surface area contributed by atoms with Crippen LogP contribution in [0.1, 0.15) is 238 Å². The summed E-state index contributed by atoms with van der Waals surface area (Å²) >= 11 is 0.808. The molecule has 5 heterocycles.